The van der Waals surface area contributed by atoms with Gasteiger partial charge in [0.2, 0.25) is 0 Å². The van der Waals surface area contributed by atoms with Gasteiger partial charge in [0, 0.05) is 0 Å². The standard InChI is InChI=1S/C41H32N2O9/c44-38(26-15-5-1-6-16-26)48-25-32-33(50-39(45)27-17-7-2-8-18-27)34(51-40(46)28-19-9-3-10-20-28)35(52-41(47)29-21-11-4-12-22-29)36(49-32)37-42-30-23-13-14-24-31(30)43-37/h1-24,32-36H,25H2,(H,42,43)/t32-,33-,34+,35-,36-/m1/s1. The fourth-order valence-corrected chi connectivity index (χ4v) is 5.89. The molecule has 260 valence electrons. The lowest BCUT2D eigenvalue weighted by atomic mass is 9.93. The van der Waals surface area contributed by atoms with Crippen LogP contribution in [0.5, 0.6) is 0 Å². The number of fused-ring (bicyclic) bond motifs is 1. The highest BCUT2D eigenvalue weighted by Crippen LogP contribution is 2.38. The average molecular weight is 697 g/mol. The number of carbonyl (C=O) groups excluding carboxylic acids is 4. The van der Waals surface area contributed by atoms with E-state index in [0.717, 1.165) is 0 Å². The van der Waals surface area contributed by atoms with Gasteiger partial charge in [-0.25, -0.2) is 24.2 Å². The second-order valence-corrected chi connectivity index (χ2v) is 11.9. The van der Waals surface area contributed by atoms with E-state index in [1.165, 1.54) is 0 Å². The molecule has 0 bridgehead atoms. The molecule has 52 heavy (non-hydrogen) atoms. The second-order valence-electron chi connectivity index (χ2n) is 11.9. The first-order valence-corrected chi connectivity index (χ1v) is 16.5. The molecular weight excluding hydrogens is 664 g/mol. The van der Waals surface area contributed by atoms with Crippen LogP contribution in [0.3, 0.4) is 0 Å². The number of hydrogen-bond donors (Lipinski definition) is 1. The van der Waals surface area contributed by atoms with Gasteiger partial charge in [-0.05, 0) is 60.7 Å². The smallest absolute Gasteiger partial charge is 0.338 e. The van der Waals surface area contributed by atoms with Crippen LogP contribution < -0.4 is 0 Å². The van der Waals surface area contributed by atoms with Gasteiger partial charge in [0.1, 0.15) is 18.5 Å². The molecule has 0 spiro atoms. The molecule has 5 atom stereocenters. The molecule has 6 aromatic rings. The summed E-state index contributed by atoms with van der Waals surface area (Å²) in [6.45, 7) is -0.435. The molecule has 0 amide bonds. The fraction of sp³-hybridized carbons (Fsp3) is 0.146. The van der Waals surface area contributed by atoms with E-state index in [-0.39, 0.29) is 28.1 Å². The summed E-state index contributed by atoms with van der Waals surface area (Å²) < 4.78 is 30.7. The molecule has 1 aliphatic heterocycles. The van der Waals surface area contributed by atoms with E-state index in [9.17, 15) is 19.2 Å². The van der Waals surface area contributed by atoms with E-state index in [1.807, 2.05) is 18.2 Å². The Hall–Kier alpha value is -6.59. The predicted molar refractivity (Wildman–Crippen MR) is 187 cm³/mol. The Morgan fingerprint density at radius 3 is 1.44 bits per heavy atom. The van der Waals surface area contributed by atoms with Crippen LogP contribution in [0, 0.1) is 0 Å². The van der Waals surface area contributed by atoms with Crippen LogP contribution in [0.25, 0.3) is 11.0 Å². The summed E-state index contributed by atoms with van der Waals surface area (Å²) in [4.78, 5) is 62.3. The number of esters is 4. The van der Waals surface area contributed by atoms with Crippen molar-refractivity contribution in [3.63, 3.8) is 0 Å². The van der Waals surface area contributed by atoms with Crippen LogP contribution in [0.1, 0.15) is 53.4 Å². The molecule has 11 heteroatoms. The van der Waals surface area contributed by atoms with Gasteiger partial charge in [-0.3, -0.25) is 0 Å². The summed E-state index contributed by atoms with van der Waals surface area (Å²) in [5, 5.41) is 0. The highest BCUT2D eigenvalue weighted by molar-refractivity contribution is 5.91. The number of aromatic amines is 1. The van der Waals surface area contributed by atoms with Crippen molar-refractivity contribution >= 4 is 34.9 Å². The van der Waals surface area contributed by atoms with E-state index in [0.29, 0.717) is 11.0 Å². The molecule has 1 fully saturated rings. The van der Waals surface area contributed by atoms with Crippen LogP contribution >= 0.6 is 0 Å². The summed E-state index contributed by atoms with van der Waals surface area (Å²) in [5.74, 6) is -2.73. The van der Waals surface area contributed by atoms with Crippen LogP contribution in [0.15, 0.2) is 146 Å². The molecule has 1 aromatic heterocycles. The number of rotatable bonds is 10. The van der Waals surface area contributed by atoms with Crippen molar-refractivity contribution in [1.82, 2.24) is 9.97 Å². The molecule has 0 unspecified atom stereocenters. The maximum Gasteiger partial charge on any atom is 0.338 e. The summed E-state index contributed by atoms with van der Waals surface area (Å²) in [6, 6.07) is 40.3. The number of H-pyrrole nitrogens is 1. The van der Waals surface area contributed by atoms with Crippen molar-refractivity contribution in [2.75, 3.05) is 6.61 Å². The van der Waals surface area contributed by atoms with Crippen LogP contribution in [0.2, 0.25) is 0 Å². The minimum atomic E-state index is -1.49. The lowest BCUT2D eigenvalue weighted by molar-refractivity contribution is -0.233. The zero-order valence-electron chi connectivity index (χ0n) is 27.6. The molecule has 0 radical (unpaired) electrons. The fourth-order valence-electron chi connectivity index (χ4n) is 5.89. The third-order valence-corrected chi connectivity index (χ3v) is 8.46. The van der Waals surface area contributed by atoms with E-state index in [4.69, 9.17) is 28.7 Å². The van der Waals surface area contributed by atoms with Gasteiger partial charge in [0.15, 0.2) is 24.4 Å². The number of hydrogen-bond acceptors (Lipinski definition) is 10. The van der Waals surface area contributed by atoms with Crippen molar-refractivity contribution in [3.8, 4) is 0 Å². The van der Waals surface area contributed by atoms with Crippen molar-refractivity contribution < 1.29 is 42.9 Å². The monoisotopic (exact) mass is 696 g/mol. The zero-order valence-corrected chi connectivity index (χ0v) is 27.6. The van der Waals surface area contributed by atoms with Gasteiger partial charge in [0.05, 0.1) is 33.3 Å². The van der Waals surface area contributed by atoms with Crippen molar-refractivity contribution in [1.29, 1.82) is 0 Å². The minimum absolute atomic E-state index is 0.197. The summed E-state index contributed by atoms with van der Waals surface area (Å²) in [6.07, 6.45) is -6.81. The maximum atomic E-state index is 13.8. The number of para-hydroxylation sites is 2. The van der Waals surface area contributed by atoms with Gasteiger partial charge in [-0.15, -0.1) is 0 Å². The number of imidazole rings is 1. The molecule has 0 saturated carbocycles. The summed E-state index contributed by atoms with van der Waals surface area (Å²) >= 11 is 0. The highest BCUT2D eigenvalue weighted by Gasteiger charge is 2.54. The Labute approximate surface area is 298 Å². The van der Waals surface area contributed by atoms with E-state index < -0.39 is 61.0 Å². The molecule has 7 rings (SSSR count). The quantitative estimate of drug-likeness (QED) is 0.124. The van der Waals surface area contributed by atoms with Crippen molar-refractivity contribution in [2.45, 2.75) is 30.5 Å². The normalized spacial score (nSPS) is 19.7. The Bertz CT molecular complexity index is 2130. The molecule has 1 saturated heterocycles. The van der Waals surface area contributed by atoms with Gasteiger partial charge in [0.25, 0.3) is 0 Å². The Morgan fingerprint density at radius 2 is 0.942 bits per heavy atom. The van der Waals surface area contributed by atoms with E-state index >= 15 is 0 Å². The van der Waals surface area contributed by atoms with Crippen molar-refractivity contribution in [3.05, 3.63) is 174 Å². The first-order valence-electron chi connectivity index (χ1n) is 16.5. The lowest BCUT2D eigenvalue weighted by Gasteiger charge is -2.44. The topological polar surface area (TPSA) is 143 Å². The first-order chi connectivity index (χ1) is 25.4. The molecule has 1 N–H and O–H groups in total. The van der Waals surface area contributed by atoms with E-state index in [2.05, 4.69) is 4.98 Å². The molecule has 5 aromatic carbocycles. The highest BCUT2D eigenvalue weighted by atomic mass is 16.7. The van der Waals surface area contributed by atoms with Crippen molar-refractivity contribution in [2.24, 2.45) is 0 Å². The lowest BCUT2D eigenvalue weighted by Crippen LogP contribution is -2.60. The average Bonchev–Trinajstić information content (AvgIpc) is 3.64. The number of aromatic nitrogens is 2. The second kappa shape index (κ2) is 15.5. The Balaban J connectivity index is 1.33. The number of nitrogens with zero attached hydrogens (tertiary/aromatic N) is 1. The first kappa shape index (κ1) is 33.9. The molecule has 0 aliphatic carbocycles. The maximum absolute atomic E-state index is 13.8. The SMILES string of the molecule is O=C(OC[C@H]1O[C@@H](c2nc3ccccc3[nH]2)[C@H](OC(=O)c2ccccc2)[C@@H](OC(=O)c2ccccc2)[C@@H]1OC(=O)c1ccccc1)c1ccccc1. The van der Waals surface area contributed by atoms with Crippen LogP contribution in [-0.2, 0) is 23.7 Å². The predicted octanol–water partition coefficient (Wildman–Crippen LogP) is 6.54. The summed E-state index contributed by atoms with van der Waals surface area (Å²) in [5.41, 5.74) is 2.16. The van der Waals surface area contributed by atoms with Gasteiger partial charge in [-0.2, -0.15) is 0 Å². The third-order valence-electron chi connectivity index (χ3n) is 8.46. The van der Waals surface area contributed by atoms with E-state index in [1.54, 1.807) is 127 Å². The van der Waals surface area contributed by atoms with Gasteiger partial charge in [-0.1, -0.05) is 84.9 Å². The molecular formula is C41H32N2O9. The number of ether oxygens (including phenoxy) is 5. The largest absolute Gasteiger partial charge is 0.459 e. The molecule has 11 nitrogen and oxygen atoms in total. The Kier molecular flexibility index (Phi) is 10.1. The van der Waals surface area contributed by atoms with Gasteiger partial charge < -0.3 is 28.7 Å². The minimum Gasteiger partial charge on any atom is -0.459 e. The van der Waals surface area contributed by atoms with Crippen LogP contribution in [-0.4, -0.2) is 64.9 Å². The molecule has 2 heterocycles. The zero-order chi connectivity index (χ0) is 35.9. The molecule has 1 aliphatic rings. The number of carbonyl (C=O) groups is 4. The Morgan fingerprint density at radius 1 is 0.519 bits per heavy atom. The van der Waals surface area contributed by atoms with Crippen LogP contribution in [0.4, 0.5) is 0 Å². The van der Waals surface area contributed by atoms with Gasteiger partial charge >= 0.3 is 23.9 Å². The number of benzene rings is 5. The number of nitrogens with one attached hydrogen (secondary N) is 1. The summed E-state index contributed by atoms with van der Waals surface area (Å²) in [7, 11) is 0. The third kappa shape index (κ3) is 7.59.